The lowest BCUT2D eigenvalue weighted by atomic mass is 10.2. The first-order chi connectivity index (χ1) is 9.20. The number of hydrogen-bond donors (Lipinski definition) is 2. The molecule has 0 unspecified atom stereocenters. The first-order valence-electron chi connectivity index (χ1n) is 5.68. The van der Waals surface area contributed by atoms with Crippen LogP contribution in [0.2, 0.25) is 0 Å². The molecule has 0 heterocycles. The summed E-state index contributed by atoms with van der Waals surface area (Å²) in [5.41, 5.74) is 3.22. The van der Waals surface area contributed by atoms with Gasteiger partial charge >= 0.3 is 0 Å². The Labute approximate surface area is 110 Å². The van der Waals surface area contributed by atoms with Gasteiger partial charge in [-0.2, -0.15) is 0 Å². The quantitative estimate of drug-likeness (QED) is 0.502. The molecule has 4 nitrogen and oxygen atoms in total. The van der Waals surface area contributed by atoms with Crippen LogP contribution >= 0.6 is 0 Å². The first kappa shape index (κ1) is 13.0. The average molecular weight is 260 g/mol. The number of nitrogens with two attached hydrogens (primary N) is 1. The zero-order chi connectivity index (χ0) is 13.7. The first-order valence-corrected chi connectivity index (χ1v) is 5.68. The van der Waals surface area contributed by atoms with Crippen LogP contribution < -0.4 is 16.0 Å². The van der Waals surface area contributed by atoms with Gasteiger partial charge in [0.2, 0.25) is 0 Å². The van der Waals surface area contributed by atoms with Crippen LogP contribution in [0.4, 0.5) is 4.39 Å². The Morgan fingerprint density at radius 3 is 2.53 bits per heavy atom. The second kappa shape index (κ2) is 5.97. The number of benzene rings is 2. The fraction of sp³-hybridized carbons (Fsp3) is 0.0714. The van der Waals surface area contributed by atoms with Crippen LogP contribution in [0.15, 0.2) is 48.5 Å². The summed E-state index contributed by atoms with van der Waals surface area (Å²) in [7, 11) is 0. The van der Waals surface area contributed by atoms with Crippen LogP contribution in [0, 0.1) is 5.82 Å². The molecule has 1 amide bonds. The van der Waals surface area contributed by atoms with Crippen molar-refractivity contribution in [3.63, 3.8) is 0 Å². The van der Waals surface area contributed by atoms with Crippen LogP contribution in [0.1, 0.15) is 15.9 Å². The summed E-state index contributed by atoms with van der Waals surface area (Å²) < 4.78 is 18.3. The van der Waals surface area contributed by atoms with Gasteiger partial charge < -0.3 is 4.74 Å². The molecule has 98 valence electrons. The molecule has 3 N–H and O–H groups in total. The standard InChI is InChI=1S/C14H13FN2O2/c15-11-7-5-10(6-8-11)9-19-13-4-2-1-3-12(13)14(18)17-16/h1-8H,9,16H2,(H,17,18). The maximum atomic E-state index is 12.8. The number of hydrogen-bond acceptors (Lipinski definition) is 3. The number of rotatable bonds is 4. The van der Waals surface area contributed by atoms with E-state index < -0.39 is 5.91 Å². The molecule has 0 saturated carbocycles. The van der Waals surface area contributed by atoms with Gasteiger partial charge in [-0.1, -0.05) is 24.3 Å². The van der Waals surface area contributed by atoms with Crippen molar-refractivity contribution in [1.29, 1.82) is 0 Å². The molecule has 2 aromatic carbocycles. The van der Waals surface area contributed by atoms with Crippen LogP contribution in [0.25, 0.3) is 0 Å². The van der Waals surface area contributed by atoms with E-state index in [1.165, 1.54) is 12.1 Å². The third-order valence-corrected chi connectivity index (χ3v) is 2.57. The highest BCUT2D eigenvalue weighted by molar-refractivity contribution is 5.96. The molecule has 0 radical (unpaired) electrons. The summed E-state index contributed by atoms with van der Waals surface area (Å²) in [4.78, 5) is 11.5. The number of amides is 1. The maximum absolute atomic E-state index is 12.8. The molecule has 19 heavy (non-hydrogen) atoms. The lowest BCUT2D eigenvalue weighted by Gasteiger charge is -2.10. The van der Waals surface area contributed by atoms with Crippen LogP contribution in [0.5, 0.6) is 5.75 Å². The van der Waals surface area contributed by atoms with Gasteiger partial charge in [-0.3, -0.25) is 10.2 Å². The van der Waals surface area contributed by atoms with Crippen molar-refractivity contribution >= 4 is 5.91 Å². The van der Waals surface area contributed by atoms with E-state index in [1.807, 2.05) is 0 Å². The van der Waals surface area contributed by atoms with Crippen molar-refractivity contribution in [2.45, 2.75) is 6.61 Å². The van der Waals surface area contributed by atoms with Crippen molar-refractivity contribution in [2.24, 2.45) is 5.84 Å². The third kappa shape index (κ3) is 3.29. The molecule has 0 aliphatic heterocycles. The lowest BCUT2D eigenvalue weighted by Crippen LogP contribution is -2.30. The zero-order valence-electron chi connectivity index (χ0n) is 10.1. The molecule has 0 aliphatic rings. The normalized spacial score (nSPS) is 10.0. The Hall–Kier alpha value is -2.40. The summed E-state index contributed by atoms with van der Waals surface area (Å²) >= 11 is 0. The molecule has 0 fully saturated rings. The largest absolute Gasteiger partial charge is 0.488 e. The molecule has 0 bridgehead atoms. The Morgan fingerprint density at radius 2 is 1.84 bits per heavy atom. The smallest absolute Gasteiger partial charge is 0.268 e. The van der Waals surface area contributed by atoms with Crippen molar-refractivity contribution in [2.75, 3.05) is 0 Å². The minimum atomic E-state index is -0.422. The van der Waals surface area contributed by atoms with Crippen molar-refractivity contribution in [3.8, 4) is 5.75 Å². The van der Waals surface area contributed by atoms with E-state index >= 15 is 0 Å². The number of carbonyl (C=O) groups is 1. The Bertz CT molecular complexity index is 570. The number of ether oxygens (including phenoxy) is 1. The summed E-state index contributed by atoms with van der Waals surface area (Å²) in [6.45, 7) is 0.245. The highest BCUT2D eigenvalue weighted by Crippen LogP contribution is 2.19. The van der Waals surface area contributed by atoms with Gasteiger partial charge in [0.15, 0.2) is 0 Å². The minimum absolute atomic E-state index is 0.245. The third-order valence-electron chi connectivity index (χ3n) is 2.57. The van der Waals surface area contributed by atoms with E-state index in [4.69, 9.17) is 10.6 Å². The van der Waals surface area contributed by atoms with E-state index in [0.29, 0.717) is 11.3 Å². The Morgan fingerprint density at radius 1 is 1.16 bits per heavy atom. The molecule has 0 aliphatic carbocycles. The molecule has 5 heteroatoms. The fourth-order valence-electron chi connectivity index (χ4n) is 1.60. The molecule has 2 aromatic rings. The van der Waals surface area contributed by atoms with E-state index in [1.54, 1.807) is 36.4 Å². The van der Waals surface area contributed by atoms with Crippen LogP contribution in [0.3, 0.4) is 0 Å². The van der Waals surface area contributed by atoms with Gasteiger partial charge in [0.05, 0.1) is 5.56 Å². The molecule has 0 saturated heterocycles. The van der Waals surface area contributed by atoms with Crippen molar-refractivity contribution < 1.29 is 13.9 Å². The minimum Gasteiger partial charge on any atom is -0.488 e. The van der Waals surface area contributed by atoms with Crippen molar-refractivity contribution in [3.05, 3.63) is 65.5 Å². The highest BCUT2D eigenvalue weighted by Gasteiger charge is 2.10. The number of carbonyl (C=O) groups excluding carboxylic acids is 1. The lowest BCUT2D eigenvalue weighted by molar-refractivity contribution is 0.0949. The van der Waals surface area contributed by atoms with Crippen LogP contribution in [-0.2, 0) is 6.61 Å². The Kier molecular flexibility index (Phi) is 4.10. The maximum Gasteiger partial charge on any atom is 0.268 e. The summed E-state index contributed by atoms with van der Waals surface area (Å²) in [6, 6.07) is 12.7. The molecule has 0 atom stereocenters. The number of halogens is 1. The second-order valence-corrected chi connectivity index (χ2v) is 3.88. The highest BCUT2D eigenvalue weighted by atomic mass is 19.1. The van der Waals surface area contributed by atoms with Gasteiger partial charge in [0.1, 0.15) is 18.2 Å². The summed E-state index contributed by atoms with van der Waals surface area (Å²) in [5.74, 6) is 4.80. The monoisotopic (exact) mass is 260 g/mol. The predicted molar refractivity (Wildman–Crippen MR) is 68.8 cm³/mol. The molecule has 2 rings (SSSR count). The van der Waals surface area contributed by atoms with E-state index in [9.17, 15) is 9.18 Å². The van der Waals surface area contributed by atoms with Crippen molar-refractivity contribution in [1.82, 2.24) is 5.43 Å². The predicted octanol–water partition coefficient (Wildman–Crippen LogP) is 2.01. The van der Waals surface area contributed by atoms with Gasteiger partial charge in [-0.25, -0.2) is 10.2 Å². The van der Waals surface area contributed by atoms with Gasteiger partial charge in [-0.15, -0.1) is 0 Å². The van der Waals surface area contributed by atoms with Gasteiger partial charge in [0, 0.05) is 0 Å². The van der Waals surface area contributed by atoms with E-state index in [0.717, 1.165) is 5.56 Å². The van der Waals surface area contributed by atoms with E-state index in [-0.39, 0.29) is 12.4 Å². The zero-order valence-corrected chi connectivity index (χ0v) is 10.1. The van der Waals surface area contributed by atoms with Crippen LogP contribution in [-0.4, -0.2) is 5.91 Å². The number of para-hydroxylation sites is 1. The fourth-order valence-corrected chi connectivity index (χ4v) is 1.60. The summed E-state index contributed by atoms with van der Waals surface area (Å²) in [6.07, 6.45) is 0. The molecular formula is C14H13FN2O2. The molecular weight excluding hydrogens is 247 g/mol. The molecule has 0 aromatic heterocycles. The summed E-state index contributed by atoms with van der Waals surface area (Å²) in [5, 5.41) is 0. The van der Waals surface area contributed by atoms with Gasteiger partial charge in [0.25, 0.3) is 5.91 Å². The SMILES string of the molecule is NNC(=O)c1ccccc1OCc1ccc(F)cc1. The number of hydrazine groups is 1. The topological polar surface area (TPSA) is 64.3 Å². The number of nitrogen functional groups attached to an aromatic ring is 1. The molecule has 0 spiro atoms. The number of nitrogens with one attached hydrogen (secondary N) is 1. The average Bonchev–Trinajstić information content (AvgIpc) is 2.46. The second-order valence-electron chi connectivity index (χ2n) is 3.88. The Balaban J connectivity index is 2.11. The van der Waals surface area contributed by atoms with Gasteiger partial charge in [-0.05, 0) is 29.8 Å². The van der Waals surface area contributed by atoms with E-state index in [2.05, 4.69) is 5.43 Å².